The fraction of sp³-hybridized carbons (Fsp3) is 0.250. The maximum atomic E-state index is 13.3. The zero-order chi connectivity index (χ0) is 20.3. The molecule has 0 N–H and O–H groups in total. The summed E-state index contributed by atoms with van der Waals surface area (Å²) in [6, 6.07) is 28.7. The lowest BCUT2D eigenvalue weighted by atomic mass is 9.86. The van der Waals surface area contributed by atoms with Crippen LogP contribution in [0.25, 0.3) is 6.08 Å². The van der Waals surface area contributed by atoms with Crippen molar-refractivity contribution in [3.8, 4) is 0 Å². The van der Waals surface area contributed by atoms with Crippen LogP contribution < -0.4 is 0 Å². The second-order valence-corrected chi connectivity index (χ2v) is 7.61. The third-order valence-electron chi connectivity index (χ3n) is 5.25. The van der Waals surface area contributed by atoms with Gasteiger partial charge in [-0.3, -0.25) is 4.79 Å². The lowest BCUT2D eigenvalue weighted by molar-refractivity contribution is 0.0918. The monoisotopic (exact) mass is 382 g/mol. The third kappa shape index (κ3) is 6.57. The van der Waals surface area contributed by atoms with E-state index in [9.17, 15) is 4.79 Å². The van der Waals surface area contributed by atoms with Crippen LogP contribution in [-0.2, 0) is 12.8 Å². The Kier molecular flexibility index (Phi) is 8.01. The highest BCUT2D eigenvalue weighted by Gasteiger charge is 2.21. The molecule has 0 aliphatic rings. The van der Waals surface area contributed by atoms with E-state index in [1.165, 1.54) is 24.0 Å². The summed E-state index contributed by atoms with van der Waals surface area (Å²) in [7, 11) is 0. The molecule has 0 aliphatic carbocycles. The molecule has 29 heavy (non-hydrogen) atoms. The Bertz CT molecular complexity index is 851. The number of carbonyl (C=O) groups is 1. The van der Waals surface area contributed by atoms with Crippen LogP contribution in [0.3, 0.4) is 0 Å². The Hall–Kier alpha value is -2.93. The van der Waals surface area contributed by atoms with E-state index < -0.39 is 0 Å². The van der Waals surface area contributed by atoms with Crippen LogP contribution in [0, 0.1) is 5.92 Å². The van der Waals surface area contributed by atoms with Crippen LogP contribution in [0.2, 0.25) is 0 Å². The van der Waals surface area contributed by atoms with E-state index >= 15 is 0 Å². The van der Waals surface area contributed by atoms with Gasteiger partial charge < -0.3 is 0 Å². The van der Waals surface area contributed by atoms with Crippen LogP contribution in [0.1, 0.15) is 53.2 Å². The van der Waals surface area contributed by atoms with Crippen molar-refractivity contribution in [2.24, 2.45) is 5.92 Å². The van der Waals surface area contributed by atoms with E-state index in [-0.39, 0.29) is 11.7 Å². The summed E-state index contributed by atoms with van der Waals surface area (Å²) >= 11 is 0. The first-order chi connectivity index (χ1) is 14.3. The van der Waals surface area contributed by atoms with Crippen molar-refractivity contribution in [2.75, 3.05) is 0 Å². The Labute approximate surface area is 175 Å². The zero-order valence-corrected chi connectivity index (χ0v) is 17.3. The first-order valence-corrected chi connectivity index (χ1v) is 10.6. The molecular formula is C28H30O. The molecule has 0 fully saturated rings. The molecule has 0 atom stereocenters. The fourth-order valence-corrected chi connectivity index (χ4v) is 3.59. The molecule has 0 saturated heterocycles. The minimum absolute atomic E-state index is 0.0641. The molecule has 0 aromatic heterocycles. The summed E-state index contributed by atoms with van der Waals surface area (Å²) in [5.41, 5.74) is 4.36. The summed E-state index contributed by atoms with van der Waals surface area (Å²) in [6.45, 7) is 2.20. The maximum Gasteiger partial charge on any atom is 0.166 e. The molecule has 0 unspecified atom stereocenters. The van der Waals surface area contributed by atoms with Crippen molar-refractivity contribution in [3.63, 3.8) is 0 Å². The summed E-state index contributed by atoms with van der Waals surface area (Å²) in [5, 5.41) is 0. The number of unbranched alkanes of at least 4 members (excludes halogenated alkanes) is 2. The lowest BCUT2D eigenvalue weighted by Gasteiger charge is -2.17. The molecule has 0 radical (unpaired) electrons. The predicted molar refractivity (Wildman–Crippen MR) is 123 cm³/mol. The molecule has 0 heterocycles. The van der Waals surface area contributed by atoms with Crippen LogP contribution in [0.4, 0.5) is 0 Å². The number of benzene rings is 3. The number of carbonyl (C=O) groups excluding carboxylic acids is 1. The van der Waals surface area contributed by atoms with Crippen molar-refractivity contribution in [3.05, 3.63) is 113 Å². The second kappa shape index (κ2) is 11.2. The smallest absolute Gasteiger partial charge is 0.166 e. The molecule has 0 amide bonds. The van der Waals surface area contributed by atoms with Crippen molar-refractivity contribution in [1.82, 2.24) is 0 Å². The van der Waals surface area contributed by atoms with E-state index in [0.29, 0.717) is 0 Å². The quantitative estimate of drug-likeness (QED) is 0.268. The van der Waals surface area contributed by atoms with Crippen LogP contribution in [0.15, 0.2) is 91.0 Å². The predicted octanol–water partition coefficient (Wildman–Crippen LogP) is 7.17. The molecule has 148 valence electrons. The average Bonchev–Trinajstić information content (AvgIpc) is 2.78. The highest BCUT2D eigenvalue weighted by Crippen LogP contribution is 2.20. The SMILES string of the molecule is CCCCC=Cc1ccc(C(=O)C(Cc2ccccc2)Cc2ccccc2)cc1. The average molecular weight is 383 g/mol. The minimum Gasteiger partial charge on any atom is -0.294 e. The largest absolute Gasteiger partial charge is 0.294 e. The van der Waals surface area contributed by atoms with Gasteiger partial charge in [-0.05, 0) is 36.0 Å². The Balaban J connectivity index is 1.75. The molecule has 3 aromatic rings. The number of hydrogen-bond acceptors (Lipinski definition) is 1. The van der Waals surface area contributed by atoms with Crippen molar-refractivity contribution in [2.45, 2.75) is 39.0 Å². The van der Waals surface area contributed by atoms with Gasteiger partial charge >= 0.3 is 0 Å². The first-order valence-electron chi connectivity index (χ1n) is 10.6. The number of Topliss-reactive ketones (excluding diaryl/α,β-unsaturated/α-hetero) is 1. The molecule has 0 aliphatic heterocycles. The van der Waals surface area contributed by atoms with Gasteiger partial charge in [0, 0.05) is 11.5 Å². The number of ketones is 1. The van der Waals surface area contributed by atoms with Gasteiger partial charge in [-0.1, -0.05) is 117 Å². The van der Waals surface area contributed by atoms with Crippen molar-refractivity contribution in [1.29, 1.82) is 0 Å². The highest BCUT2D eigenvalue weighted by atomic mass is 16.1. The topological polar surface area (TPSA) is 17.1 Å². The standard InChI is InChI=1S/C28H30O/c1-2-3-4-7-12-23-17-19-26(20-18-23)28(29)27(21-24-13-8-5-9-14-24)22-25-15-10-6-11-16-25/h5-20,27H,2-4,21-22H2,1H3. The van der Waals surface area contributed by atoms with Crippen LogP contribution >= 0.6 is 0 Å². The van der Waals surface area contributed by atoms with Crippen molar-refractivity contribution >= 4 is 11.9 Å². The summed E-state index contributed by atoms with van der Waals surface area (Å²) in [5.74, 6) is 0.157. The second-order valence-electron chi connectivity index (χ2n) is 7.61. The number of rotatable bonds is 10. The number of hydrogen-bond donors (Lipinski definition) is 0. The van der Waals surface area contributed by atoms with Gasteiger partial charge in [-0.2, -0.15) is 0 Å². The van der Waals surface area contributed by atoms with Crippen LogP contribution in [-0.4, -0.2) is 5.78 Å². The van der Waals surface area contributed by atoms with Gasteiger partial charge in [0.2, 0.25) is 0 Å². The Morgan fingerprint density at radius 3 is 1.86 bits per heavy atom. The molecule has 0 spiro atoms. The minimum atomic E-state index is -0.0641. The summed E-state index contributed by atoms with van der Waals surface area (Å²) < 4.78 is 0. The number of allylic oxidation sites excluding steroid dienone is 1. The molecular weight excluding hydrogens is 352 g/mol. The zero-order valence-electron chi connectivity index (χ0n) is 17.3. The van der Waals surface area contributed by atoms with Gasteiger partial charge in [0.1, 0.15) is 0 Å². The van der Waals surface area contributed by atoms with Gasteiger partial charge in [-0.25, -0.2) is 0 Å². The van der Waals surface area contributed by atoms with Crippen LogP contribution in [0.5, 0.6) is 0 Å². The van der Waals surface area contributed by atoms with Gasteiger partial charge in [0.05, 0.1) is 0 Å². The molecule has 1 heteroatoms. The van der Waals surface area contributed by atoms with Gasteiger partial charge in [-0.15, -0.1) is 0 Å². The molecule has 0 saturated carbocycles. The highest BCUT2D eigenvalue weighted by molar-refractivity contribution is 5.98. The van der Waals surface area contributed by atoms with Crippen molar-refractivity contribution < 1.29 is 4.79 Å². The van der Waals surface area contributed by atoms with Gasteiger partial charge in [0.25, 0.3) is 0 Å². The first kappa shape index (κ1) is 20.8. The molecule has 3 aromatic carbocycles. The van der Waals surface area contributed by atoms with E-state index in [0.717, 1.165) is 30.4 Å². The fourth-order valence-electron chi connectivity index (χ4n) is 3.59. The summed E-state index contributed by atoms with van der Waals surface area (Å²) in [6.07, 6.45) is 9.41. The summed E-state index contributed by atoms with van der Waals surface area (Å²) in [4.78, 5) is 13.3. The molecule has 1 nitrogen and oxygen atoms in total. The van der Waals surface area contributed by atoms with E-state index in [2.05, 4.69) is 55.5 Å². The maximum absolute atomic E-state index is 13.3. The van der Waals surface area contributed by atoms with E-state index in [1.54, 1.807) is 0 Å². The Morgan fingerprint density at radius 2 is 1.34 bits per heavy atom. The lowest BCUT2D eigenvalue weighted by Crippen LogP contribution is -2.20. The van der Waals surface area contributed by atoms with E-state index in [1.807, 2.05) is 48.5 Å². The molecule has 0 bridgehead atoms. The van der Waals surface area contributed by atoms with Gasteiger partial charge in [0.15, 0.2) is 5.78 Å². The van der Waals surface area contributed by atoms with E-state index in [4.69, 9.17) is 0 Å². The third-order valence-corrected chi connectivity index (χ3v) is 5.25. The molecule has 3 rings (SSSR count). The normalized spacial score (nSPS) is 11.2. The Morgan fingerprint density at radius 1 is 0.793 bits per heavy atom.